The molecule has 1 aromatic carbocycles. The van der Waals surface area contributed by atoms with Gasteiger partial charge in [-0.2, -0.15) is 0 Å². The minimum Gasteiger partial charge on any atom is -0.0620 e. The van der Waals surface area contributed by atoms with Crippen LogP contribution in [0, 0.1) is 10.8 Å². The van der Waals surface area contributed by atoms with Crippen LogP contribution in [0.25, 0.3) is 0 Å². The van der Waals surface area contributed by atoms with Crippen LogP contribution in [0.5, 0.6) is 0 Å². The van der Waals surface area contributed by atoms with E-state index in [2.05, 4.69) is 65.8 Å². The lowest BCUT2D eigenvalue weighted by Gasteiger charge is -2.21. The third-order valence-corrected chi connectivity index (χ3v) is 3.41. The van der Waals surface area contributed by atoms with Crippen LogP contribution in [0.15, 0.2) is 24.3 Å². The summed E-state index contributed by atoms with van der Waals surface area (Å²) in [6.45, 7) is 13.9. The van der Waals surface area contributed by atoms with Crippen LogP contribution < -0.4 is 0 Å². The van der Waals surface area contributed by atoms with Crippen molar-refractivity contribution in [2.75, 3.05) is 0 Å². The Kier molecular flexibility index (Phi) is 5.01. The Morgan fingerprint density at radius 2 is 1.00 bits per heavy atom. The number of hydrogen-bond donors (Lipinski definition) is 0. The smallest absolute Gasteiger partial charge is 0.0271 e. The van der Waals surface area contributed by atoms with Gasteiger partial charge in [0.2, 0.25) is 0 Å². The fourth-order valence-corrected chi connectivity index (χ4v) is 2.06. The summed E-state index contributed by atoms with van der Waals surface area (Å²) in [6, 6.07) is 8.98. The number of aryl methyl sites for hydroxylation is 2. The highest BCUT2D eigenvalue weighted by Gasteiger charge is 2.14. The summed E-state index contributed by atoms with van der Waals surface area (Å²) in [7, 11) is 0. The second-order valence-corrected chi connectivity index (χ2v) is 7.89. The molecular formula is C18H30. The van der Waals surface area contributed by atoms with Gasteiger partial charge >= 0.3 is 0 Å². The Bertz CT molecular complexity index is 323. The van der Waals surface area contributed by atoms with Crippen molar-refractivity contribution >= 4 is 0 Å². The van der Waals surface area contributed by atoms with Crippen LogP contribution in [-0.4, -0.2) is 0 Å². The van der Waals surface area contributed by atoms with Crippen molar-refractivity contribution in [1.82, 2.24) is 0 Å². The highest BCUT2D eigenvalue weighted by molar-refractivity contribution is 5.27. The molecule has 0 aliphatic rings. The summed E-state index contributed by atoms with van der Waals surface area (Å²) in [4.78, 5) is 0. The predicted octanol–water partition coefficient (Wildman–Crippen LogP) is 5.64. The van der Waals surface area contributed by atoms with Crippen molar-refractivity contribution in [1.29, 1.82) is 0 Å². The molecule has 0 spiro atoms. The van der Waals surface area contributed by atoms with Crippen LogP contribution in [0.1, 0.15) is 65.5 Å². The summed E-state index contributed by atoms with van der Waals surface area (Å²) in [5.74, 6) is 0. The molecule has 18 heavy (non-hydrogen) atoms. The number of rotatable bonds is 4. The van der Waals surface area contributed by atoms with Gasteiger partial charge in [-0.1, -0.05) is 65.8 Å². The van der Waals surface area contributed by atoms with Crippen molar-refractivity contribution in [2.45, 2.75) is 67.2 Å². The summed E-state index contributed by atoms with van der Waals surface area (Å²) >= 11 is 0. The van der Waals surface area contributed by atoms with Gasteiger partial charge in [0.25, 0.3) is 0 Å². The van der Waals surface area contributed by atoms with E-state index in [1.165, 1.54) is 25.7 Å². The molecule has 0 aliphatic heterocycles. The van der Waals surface area contributed by atoms with Gasteiger partial charge in [0.1, 0.15) is 0 Å². The molecule has 0 radical (unpaired) electrons. The van der Waals surface area contributed by atoms with Gasteiger partial charge in [0.15, 0.2) is 0 Å². The van der Waals surface area contributed by atoms with Gasteiger partial charge < -0.3 is 0 Å². The SMILES string of the molecule is CC(C)(C)CCc1ccccc1CCC(C)(C)C. The second kappa shape index (κ2) is 5.91. The maximum absolute atomic E-state index is 2.32. The molecule has 0 atom stereocenters. The summed E-state index contributed by atoms with van der Waals surface area (Å²) < 4.78 is 0. The van der Waals surface area contributed by atoms with Crippen LogP contribution in [0.2, 0.25) is 0 Å². The van der Waals surface area contributed by atoms with Crippen molar-refractivity contribution in [3.8, 4) is 0 Å². The normalized spacial score (nSPS) is 12.8. The lowest BCUT2D eigenvalue weighted by Crippen LogP contribution is -2.10. The third-order valence-electron chi connectivity index (χ3n) is 3.41. The Morgan fingerprint density at radius 3 is 1.28 bits per heavy atom. The van der Waals surface area contributed by atoms with Crippen molar-refractivity contribution in [3.05, 3.63) is 35.4 Å². The number of hydrogen-bond acceptors (Lipinski definition) is 0. The van der Waals surface area contributed by atoms with E-state index in [1.807, 2.05) is 0 Å². The van der Waals surface area contributed by atoms with Gasteiger partial charge in [-0.05, 0) is 47.6 Å². The van der Waals surface area contributed by atoms with Gasteiger partial charge in [-0.15, -0.1) is 0 Å². The first-order valence-corrected chi connectivity index (χ1v) is 7.24. The monoisotopic (exact) mass is 246 g/mol. The van der Waals surface area contributed by atoms with Crippen LogP contribution in [0.4, 0.5) is 0 Å². The zero-order valence-corrected chi connectivity index (χ0v) is 13.1. The molecule has 0 heterocycles. The Labute approximate surface area is 114 Å². The quantitative estimate of drug-likeness (QED) is 0.644. The Hall–Kier alpha value is -0.780. The molecule has 0 saturated carbocycles. The standard InChI is InChI=1S/C18H30/c1-17(2,3)13-11-15-9-7-8-10-16(15)12-14-18(4,5)6/h7-10H,11-14H2,1-6H3. The predicted molar refractivity (Wildman–Crippen MR) is 82.0 cm³/mol. The third kappa shape index (κ3) is 6.23. The largest absolute Gasteiger partial charge is 0.0620 e. The first-order valence-electron chi connectivity index (χ1n) is 7.24. The van der Waals surface area contributed by atoms with Crippen LogP contribution in [-0.2, 0) is 12.8 Å². The average molecular weight is 246 g/mol. The average Bonchev–Trinajstić information content (AvgIpc) is 2.22. The highest BCUT2D eigenvalue weighted by atomic mass is 14.2. The van der Waals surface area contributed by atoms with E-state index < -0.39 is 0 Å². The minimum absolute atomic E-state index is 0.428. The van der Waals surface area contributed by atoms with Gasteiger partial charge in [0.05, 0.1) is 0 Å². The molecule has 0 bridgehead atoms. The molecule has 0 fully saturated rings. The fraction of sp³-hybridized carbons (Fsp3) is 0.667. The summed E-state index contributed by atoms with van der Waals surface area (Å²) in [6.07, 6.45) is 4.95. The zero-order chi connectivity index (χ0) is 13.8. The molecule has 0 N–H and O–H groups in total. The Balaban J connectivity index is 2.68. The molecule has 0 nitrogen and oxygen atoms in total. The van der Waals surface area contributed by atoms with E-state index in [0.29, 0.717) is 10.8 Å². The second-order valence-electron chi connectivity index (χ2n) is 7.89. The van der Waals surface area contributed by atoms with Crippen LogP contribution in [0.3, 0.4) is 0 Å². The molecule has 0 unspecified atom stereocenters. The first-order chi connectivity index (χ1) is 8.17. The summed E-state index contributed by atoms with van der Waals surface area (Å²) in [5, 5.41) is 0. The molecule has 1 rings (SSSR count). The molecule has 0 aliphatic carbocycles. The molecule has 0 aromatic heterocycles. The summed E-state index contributed by atoms with van der Waals surface area (Å²) in [5.41, 5.74) is 3.96. The fourth-order valence-electron chi connectivity index (χ4n) is 2.06. The Morgan fingerprint density at radius 1 is 0.667 bits per heavy atom. The van der Waals surface area contributed by atoms with E-state index in [4.69, 9.17) is 0 Å². The molecule has 0 heteroatoms. The van der Waals surface area contributed by atoms with Gasteiger partial charge in [-0.3, -0.25) is 0 Å². The number of benzene rings is 1. The highest BCUT2D eigenvalue weighted by Crippen LogP contribution is 2.26. The molecule has 1 aromatic rings. The van der Waals surface area contributed by atoms with E-state index in [-0.39, 0.29) is 0 Å². The molecule has 0 saturated heterocycles. The van der Waals surface area contributed by atoms with E-state index in [1.54, 1.807) is 11.1 Å². The lowest BCUT2D eigenvalue weighted by molar-refractivity contribution is 0.371. The van der Waals surface area contributed by atoms with Crippen LogP contribution >= 0.6 is 0 Å². The maximum Gasteiger partial charge on any atom is -0.0271 e. The topological polar surface area (TPSA) is 0 Å². The molecular weight excluding hydrogens is 216 g/mol. The van der Waals surface area contributed by atoms with Gasteiger partial charge in [0, 0.05) is 0 Å². The molecule has 0 amide bonds. The van der Waals surface area contributed by atoms with Crippen molar-refractivity contribution in [2.24, 2.45) is 10.8 Å². The van der Waals surface area contributed by atoms with Gasteiger partial charge in [-0.25, -0.2) is 0 Å². The maximum atomic E-state index is 2.32. The minimum atomic E-state index is 0.428. The zero-order valence-electron chi connectivity index (χ0n) is 13.1. The lowest BCUT2D eigenvalue weighted by atomic mass is 9.84. The van der Waals surface area contributed by atoms with Crippen molar-refractivity contribution < 1.29 is 0 Å². The van der Waals surface area contributed by atoms with E-state index >= 15 is 0 Å². The van der Waals surface area contributed by atoms with Crippen molar-refractivity contribution in [3.63, 3.8) is 0 Å². The first kappa shape index (κ1) is 15.3. The van der Waals surface area contributed by atoms with E-state index in [0.717, 1.165) is 0 Å². The van der Waals surface area contributed by atoms with E-state index in [9.17, 15) is 0 Å². The molecule has 102 valence electrons.